The summed E-state index contributed by atoms with van der Waals surface area (Å²) in [5, 5.41) is 0.0119. The van der Waals surface area contributed by atoms with Crippen molar-refractivity contribution in [3.8, 4) is 0 Å². The van der Waals surface area contributed by atoms with Crippen LogP contribution in [0.15, 0.2) is 29.4 Å². The van der Waals surface area contributed by atoms with Gasteiger partial charge in [0, 0.05) is 11.7 Å². The van der Waals surface area contributed by atoms with E-state index >= 15 is 0 Å². The highest BCUT2D eigenvalue weighted by Gasteiger charge is 2.33. The number of aromatic nitrogens is 2. The van der Waals surface area contributed by atoms with Gasteiger partial charge in [-0.3, -0.25) is 4.40 Å². The summed E-state index contributed by atoms with van der Waals surface area (Å²) in [5.41, 5.74) is 5.90. The highest BCUT2D eigenvalue weighted by atomic mass is 32.2. The topological polar surface area (TPSA) is 89.5 Å². The van der Waals surface area contributed by atoms with Gasteiger partial charge in [-0.1, -0.05) is 26.8 Å². The van der Waals surface area contributed by atoms with Gasteiger partial charge >= 0.3 is 0 Å². The lowest BCUT2D eigenvalue weighted by Crippen LogP contribution is -2.47. The molecular weight excluding hydrogens is 288 g/mol. The van der Waals surface area contributed by atoms with Crippen LogP contribution in [0.2, 0.25) is 0 Å². The molecule has 0 aliphatic carbocycles. The number of rotatable bonds is 6. The van der Waals surface area contributed by atoms with Crippen molar-refractivity contribution in [1.82, 2.24) is 14.1 Å². The fourth-order valence-corrected chi connectivity index (χ4v) is 4.39. The fourth-order valence-electron chi connectivity index (χ4n) is 2.56. The first kappa shape index (κ1) is 15.8. The average molecular weight is 310 g/mol. The van der Waals surface area contributed by atoms with Gasteiger partial charge in [0.25, 0.3) is 10.0 Å². The second-order valence-electron chi connectivity index (χ2n) is 5.18. The largest absolute Gasteiger partial charge is 0.381 e. The molecule has 0 fully saturated rings. The summed E-state index contributed by atoms with van der Waals surface area (Å²) >= 11 is 0. The van der Waals surface area contributed by atoms with Crippen LogP contribution in [0.4, 0.5) is 5.82 Å². The van der Waals surface area contributed by atoms with Crippen LogP contribution in [0.3, 0.4) is 0 Å². The van der Waals surface area contributed by atoms with E-state index in [2.05, 4.69) is 9.71 Å². The van der Waals surface area contributed by atoms with Gasteiger partial charge in [0.1, 0.15) is 5.65 Å². The van der Waals surface area contributed by atoms with Crippen molar-refractivity contribution in [3.63, 3.8) is 0 Å². The summed E-state index contributed by atoms with van der Waals surface area (Å²) in [7, 11) is -3.74. The molecule has 0 saturated heterocycles. The van der Waals surface area contributed by atoms with Gasteiger partial charge in [0.2, 0.25) is 0 Å². The van der Waals surface area contributed by atoms with Crippen LogP contribution in [0, 0.1) is 0 Å². The Hall–Kier alpha value is -1.60. The Morgan fingerprint density at radius 2 is 1.86 bits per heavy atom. The summed E-state index contributed by atoms with van der Waals surface area (Å²) in [6.45, 7) is 5.94. The van der Waals surface area contributed by atoms with E-state index in [1.807, 2.05) is 20.8 Å². The zero-order valence-electron chi connectivity index (χ0n) is 12.6. The van der Waals surface area contributed by atoms with Crippen LogP contribution in [-0.4, -0.2) is 23.3 Å². The normalized spacial score (nSPS) is 12.9. The lowest BCUT2D eigenvalue weighted by molar-refractivity contribution is 0.341. The number of hydrogen-bond donors (Lipinski definition) is 2. The Balaban J connectivity index is 2.55. The molecule has 21 heavy (non-hydrogen) atoms. The maximum atomic E-state index is 12.8. The molecule has 0 aliphatic heterocycles. The van der Waals surface area contributed by atoms with Crippen LogP contribution < -0.4 is 10.5 Å². The first-order chi connectivity index (χ1) is 9.89. The molecule has 0 spiro atoms. The summed E-state index contributed by atoms with van der Waals surface area (Å²) in [6.07, 6.45) is 3.81. The molecule has 2 aromatic heterocycles. The van der Waals surface area contributed by atoms with Gasteiger partial charge in [0.05, 0.1) is 0 Å². The van der Waals surface area contributed by atoms with E-state index < -0.39 is 15.6 Å². The Morgan fingerprint density at radius 1 is 1.24 bits per heavy atom. The van der Waals surface area contributed by atoms with E-state index in [1.54, 1.807) is 24.4 Å². The van der Waals surface area contributed by atoms with Crippen molar-refractivity contribution in [2.75, 3.05) is 5.73 Å². The minimum atomic E-state index is -3.74. The maximum absolute atomic E-state index is 12.8. The standard InChI is InChI=1S/C14H22N4O2S/c1-4-14(5-2,6-3)17-21(19,20)13-12(15)16-11-9-7-8-10-18(11)13/h7-10,17H,4-6,15H2,1-3H3. The van der Waals surface area contributed by atoms with Crippen molar-refractivity contribution < 1.29 is 8.42 Å². The van der Waals surface area contributed by atoms with E-state index in [0.29, 0.717) is 5.65 Å². The Morgan fingerprint density at radius 3 is 2.43 bits per heavy atom. The number of sulfonamides is 1. The number of anilines is 1. The molecule has 6 nitrogen and oxygen atoms in total. The molecule has 3 N–H and O–H groups in total. The van der Waals surface area contributed by atoms with Crippen molar-refractivity contribution in [2.24, 2.45) is 0 Å². The molecular formula is C14H22N4O2S. The van der Waals surface area contributed by atoms with Crippen LogP contribution in [-0.2, 0) is 10.0 Å². The number of nitrogen functional groups attached to an aromatic ring is 1. The van der Waals surface area contributed by atoms with Crippen LogP contribution >= 0.6 is 0 Å². The first-order valence-electron chi connectivity index (χ1n) is 7.15. The first-order valence-corrected chi connectivity index (χ1v) is 8.64. The van der Waals surface area contributed by atoms with E-state index in [9.17, 15) is 8.42 Å². The van der Waals surface area contributed by atoms with Crippen molar-refractivity contribution >= 4 is 21.5 Å². The van der Waals surface area contributed by atoms with Crippen molar-refractivity contribution in [3.05, 3.63) is 24.4 Å². The van der Waals surface area contributed by atoms with Crippen LogP contribution in [0.25, 0.3) is 5.65 Å². The second-order valence-corrected chi connectivity index (χ2v) is 6.78. The number of fused-ring (bicyclic) bond motifs is 1. The molecule has 2 rings (SSSR count). The van der Waals surface area contributed by atoms with Gasteiger partial charge in [-0.15, -0.1) is 0 Å². The molecule has 0 unspecified atom stereocenters. The summed E-state index contributed by atoms with van der Waals surface area (Å²) in [4.78, 5) is 4.11. The van der Waals surface area contributed by atoms with Crippen molar-refractivity contribution in [2.45, 2.75) is 50.6 Å². The molecule has 0 saturated carbocycles. The van der Waals surface area contributed by atoms with Gasteiger partial charge in [-0.25, -0.2) is 18.1 Å². The summed E-state index contributed by atoms with van der Waals surface area (Å²) < 4.78 is 29.9. The zero-order valence-corrected chi connectivity index (χ0v) is 13.4. The number of imidazole rings is 1. The van der Waals surface area contributed by atoms with Gasteiger partial charge in [-0.05, 0) is 31.4 Å². The molecule has 7 heteroatoms. The zero-order chi connectivity index (χ0) is 15.7. The number of hydrogen-bond acceptors (Lipinski definition) is 4. The van der Waals surface area contributed by atoms with E-state index in [4.69, 9.17) is 5.73 Å². The predicted molar refractivity (Wildman–Crippen MR) is 83.5 cm³/mol. The molecule has 0 aliphatic rings. The van der Waals surface area contributed by atoms with Gasteiger partial charge in [-0.2, -0.15) is 0 Å². The van der Waals surface area contributed by atoms with Crippen LogP contribution in [0.5, 0.6) is 0 Å². The maximum Gasteiger partial charge on any atom is 0.260 e. The Labute approximate surface area is 125 Å². The third-order valence-corrected chi connectivity index (χ3v) is 5.76. The summed E-state index contributed by atoms with van der Waals surface area (Å²) in [6, 6.07) is 5.27. The number of nitrogens with zero attached hydrogens (tertiary/aromatic N) is 2. The van der Waals surface area contributed by atoms with E-state index in [1.165, 1.54) is 4.40 Å². The Bertz CT molecular complexity index is 724. The fraction of sp³-hybridized carbons (Fsp3) is 0.500. The molecule has 0 bridgehead atoms. The lowest BCUT2D eigenvalue weighted by atomic mass is 9.91. The Kier molecular flexibility index (Phi) is 4.25. The lowest BCUT2D eigenvalue weighted by Gasteiger charge is -2.31. The molecule has 0 radical (unpaired) electrons. The minimum Gasteiger partial charge on any atom is -0.381 e. The number of nitrogens with two attached hydrogens (primary N) is 1. The highest BCUT2D eigenvalue weighted by molar-refractivity contribution is 7.89. The predicted octanol–water partition coefficient (Wildman–Crippen LogP) is 2.16. The second kappa shape index (κ2) is 5.65. The molecule has 0 aromatic carbocycles. The third kappa shape index (κ3) is 2.75. The highest BCUT2D eigenvalue weighted by Crippen LogP contribution is 2.26. The monoisotopic (exact) mass is 310 g/mol. The van der Waals surface area contributed by atoms with Gasteiger partial charge < -0.3 is 5.73 Å². The number of nitrogens with one attached hydrogen (secondary N) is 1. The summed E-state index contributed by atoms with van der Waals surface area (Å²) in [5.74, 6) is 0.0194. The van der Waals surface area contributed by atoms with E-state index in [-0.39, 0.29) is 10.8 Å². The smallest absolute Gasteiger partial charge is 0.260 e. The molecule has 0 atom stereocenters. The molecule has 2 heterocycles. The molecule has 0 amide bonds. The van der Waals surface area contributed by atoms with Crippen LogP contribution in [0.1, 0.15) is 40.0 Å². The van der Waals surface area contributed by atoms with E-state index in [0.717, 1.165) is 19.3 Å². The quantitative estimate of drug-likeness (QED) is 0.855. The van der Waals surface area contributed by atoms with Crippen molar-refractivity contribution in [1.29, 1.82) is 0 Å². The molecule has 2 aromatic rings. The number of pyridine rings is 1. The minimum absolute atomic E-state index is 0.0119. The third-order valence-electron chi connectivity index (χ3n) is 4.15. The molecule has 116 valence electrons. The average Bonchev–Trinajstić information content (AvgIpc) is 2.81. The SMILES string of the molecule is CCC(CC)(CC)NS(=O)(=O)c1c(N)nc2ccccn12. The van der Waals surface area contributed by atoms with Gasteiger partial charge in [0.15, 0.2) is 10.8 Å².